The molecule has 0 unspecified atom stereocenters. The fraction of sp³-hybridized carbons (Fsp3) is 0.278. The molecule has 108 valence electrons. The highest BCUT2D eigenvalue weighted by Crippen LogP contribution is 2.28. The van der Waals surface area contributed by atoms with Crippen LogP contribution >= 0.6 is 0 Å². The van der Waals surface area contributed by atoms with Crippen LogP contribution in [0.5, 0.6) is 0 Å². The van der Waals surface area contributed by atoms with Crippen molar-refractivity contribution in [3.63, 3.8) is 0 Å². The lowest BCUT2D eigenvalue weighted by molar-refractivity contribution is 0.795. The summed E-state index contributed by atoms with van der Waals surface area (Å²) >= 11 is 0. The molecular formula is C18H21N3. The molecule has 0 aliphatic carbocycles. The molecule has 3 aromatic rings. The van der Waals surface area contributed by atoms with E-state index in [1.165, 1.54) is 22.2 Å². The maximum absolute atomic E-state index is 5.74. The van der Waals surface area contributed by atoms with Crippen LogP contribution < -0.4 is 5.73 Å². The molecule has 0 amide bonds. The molecule has 1 heterocycles. The molecule has 0 spiro atoms. The molecule has 2 aromatic carbocycles. The first kappa shape index (κ1) is 13.8. The lowest BCUT2D eigenvalue weighted by atomic mass is 10.1. The Morgan fingerprint density at radius 3 is 2.62 bits per heavy atom. The van der Waals surface area contributed by atoms with Crippen molar-refractivity contribution in [2.45, 2.75) is 33.9 Å². The summed E-state index contributed by atoms with van der Waals surface area (Å²) in [5.41, 5.74) is 12.8. The maximum atomic E-state index is 5.74. The van der Waals surface area contributed by atoms with E-state index in [-0.39, 0.29) is 0 Å². The molecule has 0 radical (unpaired) electrons. The second-order valence-electron chi connectivity index (χ2n) is 5.53. The molecule has 3 rings (SSSR count). The molecule has 1 aromatic heterocycles. The Hall–Kier alpha value is -2.13. The Bertz CT molecular complexity index is 800. The molecule has 3 heteroatoms. The first-order chi connectivity index (χ1) is 10.1. The Kier molecular flexibility index (Phi) is 3.52. The molecule has 0 saturated carbocycles. The molecule has 3 nitrogen and oxygen atoms in total. The summed E-state index contributed by atoms with van der Waals surface area (Å²) in [6.07, 6.45) is 0. The van der Waals surface area contributed by atoms with Crippen LogP contribution in [0.25, 0.3) is 22.4 Å². The Morgan fingerprint density at radius 1 is 1.10 bits per heavy atom. The van der Waals surface area contributed by atoms with E-state index < -0.39 is 0 Å². The molecule has 0 saturated heterocycles. The highest BCUT2D eigenvalue weighted by atomic mass is 15.1. The topological polar surface area (TPSA) is 43.8 Å². The van der Waals surface area contributed by atoms with Gasteiger partial charge in [-0.2, -0.15) is 0 Å². The molecule has 2 N–H and O–H groups in total. The largest absolute Gasteiger partial charge is 0.326 e. The third kappa shape index (κ3) is 2.34. The van der Waals surface area contributed by atoms with Gasteiger partial charge in [0.1, 0.15) is 5.82 Å². The van der Waals surface area contributed by atoms with Gasteiger partial charge in [0, 0.05) is 18.7 Å². The monoisotopic (exact) mass is 279 g/mol. The van der Waals surface area contributed by atoms with E-state index in [1.807, 2.05) is 0 Å². The summed E-state index contributed by atoms with van der Waals surface area (Å²) in [5, 5.41) is 0. The van der Waals surface area contributed by atoms with E-state index in [9.17, 15) is 0 Å². The minimum atomic E-state index is 0.549. The number of aromatic nitrogens is 2. The molecule has 0 fully saturated rings. The van der Waals surface area contributed by atoms with Gasteiger partial charge < -0.3 is 10.3 Å². The second-order valence-corrected chi connectivity index (χ2v) is 5.53. The van der Waals surface area contributed by atoms with Crippen LogP contribution in [0.15, 0.2) is 36.4 Å². The van der Waals surface area contributed by atoms with Crippen molar-refractivity contribution in [2.75, 3.05) is 0 Å². The molecular weight excluding hydrogens is 258 g/mol. The van der Waals surface area contributed by atoms with Crippen molar-refractivity contribution in [1.82, 2.24) is 9.55 Å². The smallest absolute Gasteiger partial charge is 0.141 e. The number of hydrogen-bond acceptors (Lipinski definition) is 2. The lowest BCUT2D eigenvalue weighted by Gasteiger charge is -2.09. The van der Waals surface area contributed by atoms with E-state index in [4.69, 9.17) is 10.7 Å². The normalized spacial score (nSPS) is 11.2. The van der Waals surface area contributed by atoms with Gasteiger partial charge in [0.05, 0.1) is 11.0 Å². The zero-order valence-corrected chi connectivity index (χ0v) is 12.9. The maximum Gasteiger partial charge on any atom is 0.141 e. The van der Waals surface area contributed by atoms with Gasteiger partial charge in [0.2, 0.25) is 0 Å². The van der Waals surface area contributed by atoms with Crippen molar-refractivity contribution >= 4 is 11.0 Å². The summed E-state index contributed by atoms with van der Waals surface area (Å²) in [7, 11) is 0. The molecule has 0 bridgehead atoms. The van der Waals surface area contributed by atoms with Gasteiger partial charge in [-0.05, 0) is 50.1 Å². The standard InChI is InChI=1S/C18H21N3/c1-4-21-17-8-7-14(11-19)10-16(17)20-18(21)15-9-12(2)5-6-13(15)3/h5-10H,4,11,19H2,1-3H3. The van der Waals surface area contributed by atoms with Crippen LogP contribution in [-0.2, 0) is 13.1 Å². The van der Waals surface area contributed by atoms with Gasteiger partial charge in [-0.25, -0.2) is 4.98 Å². The molecule has 0 aliphatic heterocycles. The van der Waals surface area contributed by atoms with Crippen molar-refractivity contribution < 1.29 is 0 Å². The molecule has 0 atom stereocenters. The third-order valence-electron chi connectivity index (χ3n) is 4.00. The highest BCUT2D eigenvalue weighted by Gasteiger charge is 2.13. The minimum absolute atomic E-state index is 0.549. The van der Waals surface area contributed by atoms with Crippen molar-refractivity contribution in [2.24, 2.45) is 5.73 Å². The number of fused-ring (bicyclic) bond motifs is 1. The zero-order chi connectivity index (χ0) is 15.0. The SMILES string of the molecule is CCn1c(-c2cc(C)ccc2C)nc2cc(CN)ccc21. The molecule has 21 heavy (non-hydrogen) atoms. The Balaban J connectivity index is 2.29. The van der Waals surface area contributed by atoms with Crippen LogP contribution in [0.2, 0.25) is 0 Å². The Morgan fingerprint density at radius 2 is 1.90 bits per heavy atom. The van der Waals surface area contributed by atoms with Crippen molar-refractivity contribution in [1.29, 1.82) is 0 Å². The van der Waals surface area contributed by atoms with E-state index >= 15 is 0 Å². The lowest BCUT2D eigenvalue weighted by Crippen LogP contribution is -1.99. The van der Waals surface area contributed by atoms with E-state index in [0.717, 1.165) is 23.4 Å². The van der Waals surface area contributed by atoms with Gasteiger partial charge >= 0.3 is 0 Å². The predicted octanol–water partition coefficient (Wildman–Crippen LogP) is 3.80. The molecule has 0 aliphatic rings. The number of imidazole rings is 1. The average molecular weight is 279 g/mol. The number of rotatable bonds is 3. The summed E-state index contributed by atoms with van der Waals surface area (Å²) in [6.45, 7) is 7.87. The van der Waals surface area contributed by atoms with E-state index in [2.05, 4.69) is 61.7 Å². The Labute approximate surface area is 125 Å². The number of aryl methyl sites for hydroxylation is 3. The van der Waals surface area contributed by atoms with Crippen molar-refractivity contribution in [3.05, 3.63) is 53.1 Å². The highest BCUT2D eigenvalue weighted by molar-refractivity contribution is 5.82. The first-order valence-corrected chi connectivity index (χ1v) is 7.41. The summed E-state index contributed by atoms with van der Waals surface area (Å²) in [5.74, 6) is 1.04. The fourth-order valence-electron chi connectivity index (χ4n) is 2.80. The summed E-state index contributed by atoms with van der Waals surface area (Å²) < 4.78 is 2.28. The zero-order valence-electron chi connectivity index (χ0n) is 12.9. The van der Waals surface area contributed by atoms with Crippen LogP contribution in [0.4, 0.5) is 0 Å². The van der Waals surface area contributed by atoms with Crippen molar-refractivity contribution in [3.8, 4) is 11.4 Å². The van der Waals surface area contributed by atoms with Gasteiger partial charge in [0.25, 0.3) is 0 Å². The van der Waals surface area contributed by atoms with Gasteiger partial charge in [-0.1, -0.05) is 23.8 Å². The summed E-state index contributed by atoms with van der Waals surface area (Å²) in [6, 6.07) is 12.8. The van der Waals surface area contributed by atoms with Crippen LogP contribution in [-0.4, -0.2) is 9.55 Å². The average Bonchev–Trinajstić information content (AvgIpc) is 2.86. The summed E-state index contributed by atoms with van der Waals surface area (Å²) in [4.78, 5) is 4.87. The van der Waals surface area contributed by atoms with Crippen LogP contribution in [0.1, 0.15) is 23.6 Å². The number of nitrogens with two attached hydrogens (primary N) is 1. The predicted molar refractivity (Wildman–Crippen MR) is 88.2 cm³/mol. The fourth-order valence-corrected chi connectivity index (χ4v) is 2.80. The number of benzene rings is 2. The van der Waals surface area contributed by atoms with Gasteiger partial charge in [-0.15, -0.1) is 0 Å². The third-order valence-corrected chi connectivity index (χ3v) is 4.00. The number of nitrogens with zero attached hydrogens (tertiary/aromatic N) is 2. The minimum Gasteiger partial charge on any atom is -0.326 e. The number of hydrogen-bond donors (Lipinski definition) is 1. The van der Waals surface area contributed by atoms with Crippen LogP contribution in [0.3, 0.4) is 0 Å². The van der Waals surface area contributed by atoms with E-state index in [1.54, 1.807) is 0 Å². The van der Waals surface area contributed by atoms with E-state index in [0.29, 0.717) is 6.54 Å². The first-order valence-electron chi connectivity index (χ1n) is 7.41. The quantitative estimate of drug-likeness (QED) is 0.792. The van der Waals surface area contributed by atoms with Gasteiger partial charge in [0.15, 0.2) is 0 Å². The van der Waals surface area contributed by atoms with Crippen LogP contribution in [0, 0.1) is 13.8 Å². The van der Waals surface area contributed by atoms with Gasteiger partial charge in [-0.3, -0.25) is 0 Å². The second kappa shape index (κ2) is 5.34.